The molecule has 0 aliphatic rings. The minimum Gasteiger partial charge on any atom is -0.493 e. The highest BCUT2D eigenvalue weighted by Crippen LogP contribution is 2.31. The molecule has 0 spiro atoms. The summed E-state index contributed by atoms with van der Waals surface area (Å²) in [6.07, 6.45) is 1.69. The first-order valence-corrected chi connectivity index (χ1v) is 10.5. The maximum Gasteiger partial charge on any atom is 0.280 e. The number of hydrogen-bond acceptors (Lipinski definition) is 6. The monoisotopic (exact) mass is 422 g/mol. The molecule has 2 aromatic heterocycles. The molecule has 0 fully saturated rings. The summed E-state index contributed by atoms with van der Waals surface area (Å²) in [6.45, 7) is 1.98. The molecule has 0 saturated carbocycles. The predicted molar refractivity (Wildman–Crippen MR) is 115 cm³/mol. The second-order valence-electron chi connectivity index (χ2n) is 6.16. The summed E-state index contributed by atoms with van der Waals surface area (Å²) in [4.78, 5) is 18.2. The zero-order valence-electron chi connectivity index (χ0n) is 15.8. The van der Waals surface area contributed by atoms with Crippen LogP contribution in [0.15, 0.2) is 75.4 Å². The van der Waals surface area contributed by atoms with E-state index in [1.54, 1.807) is 34.0 Å². The van der Waals surface area contributed by atoms with Gasteiger partial charge in [-0.05, 0) is 43.3 Å². The highest BCUT2D eigenvalue weighted by atomic mass is 32.2. The molecule has 2 heterocycles. The van der Waals surface area contributed by atoms with Gasteiger partial charge in [0.15, 0.2) is 15.8 Å². The number of benzene rings is 2. The summed E-state index contributed by atoms with van der Waals surface area (Å²) in [5.41, 5.74) is 2.79. The lowest BCUT2D eigenvalue weighted by Crippen LogP contribution is -2.14. The van der Waals surface area contributed by atoms with Gasteiger partial charge in [0.1, 0.15) is 0 Å². The van der Waals surface area contributed by atoms with E-state index in [2.05, 4.69) is 15.4 Å². The molecule has 6 nitrogen and oxygen atoms in total. The Morgan fingerprint density at radius 2 is 1.90 bits per heavy atom. The third kappa shape index (κ3) is 4.49. The Morgan fingerprint density at radius 1 is 1.14 bits per heavy atom. The third-order valence-electron chi connectivity index (χ3n) is 4.05. The van der Waals surface area contributed by atoms with E-state index in [9.17, 15) is 4.79 Å². The fraction of sp³-hybridized carbons (Fsp3) is 0.0952. The van der Waals surface area contributed by atoms with E-state index >= 15 is 0 Å². The molecular weight excluding hydrogens is 404 g/mol. The molecule has 4 rings (SSSR count). The lowest BCUT2D eigenvalue weighted by molar-refractivity contribution is 0.101. The number of amides is 1. The minimum absolute atomic E-state index is 0.230. The van der Waals surface area contributed by atoms with Gasteiger partial charge in [0.05, 0.1) is 19.0 Å². The lowest BCUT2D eigenvalue weighted by Gasteiger charge is -2.05. The van der Waals surface area contributed by atoms with Crippen LogP contribution in [0.5, 0.6) is 5.75 Å². The van der Waals surface area contributed by atoms with Crippen LogP contribution in [0.25, 0.3) is 5.69 Å². The van der Waals surface area contributed by atoms with Crippen LogP contribution in [0.4, 0.5) is 5.69 Å². The van der Waals surface area contributed by atoms with Crippen molar-refractivity contribution in [3.05, 3.63) is 77.6 Å². The SMILES string of the molecule is COc1cn(-c2ccccc2)nc1C(=O)Nc1ccc(Sc2nc(C)cs2)cc1. The van der Waals surface area contributed by atoms with Gasteiger partial charge in [-0.2, -0.15) is 5.10 Å². The molecule has 0 unspecified atom stereocenters. The Labute approximate surface area is 176 Å². The van der Waals surface area contributed by atoms with E-state index < -0.39 is 0 Å². The van der Waals surface area contributed by atoms with E-state index in [0.717, 1.165) is 20.6 Å². The number of rotatable bonds is 6. The number of thiazole rings is 1. The number of ether oxygens (including phenoxy) is 1. The summed E-state index contributed by atoms with van der Waals surface area (Å²) in [7, 11) is 1.52. The number of aromatic nitrogens is 3. The van der Waals surface area contributed by atoms with Crippen molar-refractivity contribution in [3.8, 4) is 11.4 Å². The Morgan fingerprint density at radius 3 is 2.55 bits per heavy atom. The quantitative estimate of drug-likeness (QED) is 0.471. The summed E-state index contributed by atoms with van der Waals surface area (Å²) >= 11 is 3.22. The average Bonchev–Trinajstić information content (AvgIpc) is 3.36. The van der Waals surface area contributed by atoms with Gasteiger partial charge in [0.2, 0.25) is 0 Å². The highest BCUT2D eigenvalue weighted by Gasteiger charge is 2.18. The van der Waals surface area contributed by atoms with E-state index in [-0.39, 0.29) is 11.6 Å². The van der Waals surface area contributed by atoms with Crippen molar-refractivity contribution in [2.75, 3.05) is 12.4 Å². The third-order valence-corrected chi connectivity index (χ3v) is 6.12. The number of para-hydroxylation sites is 1. The molecule has 0 aliphatic carbocycles. The number of anilines is 1. The van der Waals surface area contributed by atoms with Gasteiger partial charge in [-0.15, -0.1) is 11.3 Å². The van der Waals surface area contributed by atoms with Crippen LogP contribution in [0.2, 0.25) is 0 Å². The summed E-state index contributed by atoms with van der Waals surface area (Å²) in [6, 6.07) is 17.2. The van der Waals surface area contributed by atoms with Gasteiger partial charge < -0.3 is 10.1 Å². The maximum absolute atomic E-state index is 12.7. The second-order valence-corrected chi connectivity index (χ2v) is 8.34. The van der Waals surface area contributed by atoms with Gasteiger partial charge in [-0.25, -0.2) is 9.67 Å². The largest absolute Gasteiger partial charge is 0.493 e. The van der Waals surface area contributed by atoms with E-state index in [1.165, 1.54) is 7.11 Å². The van der Waals surface area contributed by atoms with E-state index in [4.69, 9.17) is 4.74 Å². The summed E-state index contributed by atoms with van der Waals surface area (Å²) < 4.78 is 7.96. The predicted octanol–water partition coefficient (Wildman–Crippen LogP) is 5.05. The number of methoxy groups -OCH3 is 1. The van der Waals surface area contributed by atoms with Gasteiger partial charge in [-0.1, -0.05) is 30.0 Å². The molecule has 4 aromatic rings. The summed E-state index contributed by atoms with van der Waals surface area (Å²) in [5, 5.41) is 9.29. The molecule has 0 bridgehead atoms. The van der Waals surface area contributed by atoms with Gasteiger partial charge in [0, 0.05) is 21.7 Å². The number of carbonyl (C=O) groups excluding carboxylic acids is 1. The number of aryl methyl sites for hydroxylation is 1. The van der Waals surface area contributed by atoms with Crippen molar-refractivity contribution in [2.45, 2.75) is 16.2 Å². The lowest BCUT2D eigenvalue weighted by atomic mass is 10.3. The molecule has 146 valence electrons. The van der Waals surface area contributed by atoms with Crippen LogP contribution < -0.4 is 10.1 Å². The Hall–Kier alpha value is -3.10. The van der Waals surface area contributed by atoms with Gasteiger partial charge in [0.25, 0.3) is 5.91 Å². The van der Waals surface area contributed by atoms with Crippen LogP contribution in [0.1, 0.15) is 16.2 Å². The zero-order chi connectivity index (χ0) is 20.2. The molecule has 29 heavy (non-hydrogen) atoms. The molecule has 2 aromatic carbocycles. The first kappa shape index (κ1) is 19.2. The Bertz CT molecular complexity index is 1120. The van der Waals surface area contributed by atoms with E-state index in [1.807, 2.05) is 66.9 Å². The first-order chi connectivity index (χ1) is 14.1. The minimum atomic E-state index is -0.326. The number of hydrogen-bond donors (Lipinski definition) is 1. The van der Waals surface area contributed by atoms with Crippen molar-refractivity contribution in [3.63, 3.8) is 0 Å². The van der Waals surface area contributed by atoms with Gasteiger partial charge in [-0.3, -0.25) is 4.79 Å². The van der Waals surface area contributed by atoms with Crippen molar-refractivity contribution >= 4 is 34.7 Å². The van der Waals surface area contributed by atoms with Crippen LogP contribution in [-0.4, -0.2) is 27.8 Å². The fourth-order valence-corrected chi connectivity index (χ4v) is 4.46. The molecule has 8 heteroatoms. The van der Waals surface area contributed by atoms with Crippen molar-refractivity contribution in [2.24, 2.45) is 0 Å². The molecule has 0 saturated heterocycles. The normalized spacial score (nSPS) is 10.7. The first-order valence-electron chi connectivity index (χ1n) is 8.83. The highest BCUT2D eigenvalue weighted by molar-refractivity contribution is 8.01. The van der Waals surface area contributed by atoms with Crippen molar-refractivity contribution in [1.82, 2.24) is 14.8 Å². The number of nitrogens with zero attached hydrogens (tertiary/aromatic N) is 3. The van der Waals surface area contributed by atoms with Crippen molar-refractivity contribution < 1.29 is 9.53 Å². The van der Waals surface area contributed by atoms with E-state index in [0.29, 0.717) is 11.4 Å². The van der Waals surface area contributed by atoms with Crippen molar-refractivity contribution in [1.29, 1.82) is 0 Å². The molecule has 0 atom stereocenters. The average molecular weight is 423 g/mol. The van der Waals surface area contributed by atoms with Crippen LogP contribution in [-0.2, 0) is 0 Å². The molecule has 1 amide bonds. The standard InChI is InChI=1S/C21H18N4O2S2/c1-14-13-28-21(22-14)29-17-10-8-15(9-11-17)23-20(26)19-18(27-2)12-25(24-19)16-6-4-3-5-7-16/h3-13H,1-2H3,(H,23,26). The fourth-order valence-electron chi connectivity index (χ4n) is 2.65. The number of nitrogens with one attached hydrogen (secondary N) is 1. The molecule has 1 N–H and O–H groups in total. The Balaban J connectivity index is 1.48. The Kier molecular flexibility index (Phi) is 5.64. The van der Waals surface area contributed by atoms with Gasteiger partial charge >= 0.3 is 0 Å². The zero-order valence-corrected chi connectivity index (χ0v) is 17.5. The van der Waals surface area contributed by atoms with Crippen LogP contribution >= 0.6 is 23.1 Å². The molecule has 0 radical (unpaired) electrons. The maximum atomic E-state index is 12.7. The summed E-state index contributed by atoms with van der Waals surface area (Å²) in [5.74, 6) is 0.0881. The molecule has 0 aliphatic heterocycles. The smallest absolute Gasteiger partial charge is 0.280 e. The molecular formula is C21H18N4O2S2. The van der Waals surface area contributed by atoms with Crippen LogP contribution in [0.3, 0.4) is 0 Å². The number of carbonyl (C=O) groups is 1. The second kappa shape index (κ2) is 8.50. The topological polar surface area (TPSA) is 69.0 Å². The van der Waals surface area contributed by atoms with Crippen LogP contribution in [0, 0.1) is 6.92 Å².